The van der Waals surface area contributed by atoms with Crippen molar-refractivity contribution < 1.29 is 12.8 Å². The first-order valence-corrected chi connectivity index (χ1v) is 8.67. The lowest BCUT2D eigenvalue weighted by Gasteiger charge is -2.35. The first-order chi connectivity index (χ1) is 9.43. The Bertz CT molecular complexity index is 634. The SMILES string of the molecule is CSC1(C#N)CCN(S(=O)(=O)c2cncc(F)c2)CC1. The van der Waals surface area contributed by atoms with Gasteiger partial charge >= 0.3 is 0 Å². The van der Waals surface area contributed by atoms with Crippen LogP contribution in [0.2, 0.25) is 0 Å². The molecule has 1 aromatic heterocycles. The number of halogens is 1. The van der Waals surface area contributed by atoms with E-state index in [0.29, 0.717) is 12.8 Å². The van der Waals surface area contributed by atoms with Crippen LogP contribution < -0.4 is 0 Å². The van der Waals surface area contributed by atoms with Crippen molar-refractivity contribution >= 4 is 21.8 Å². The second-order valence-corrected chi connectivity index (χ2v) is 7.68. The molecule has 0 saturated carbocycles. The Hall–Kier alpha value is -1.17. The van der Waals surface area contributed by atoms with E-state index in [9.17, 15) is 18.1 Å². The quantitative estimate of drug-likeness (QED) is 0.847. The molecule has 0 aromatic carbocycles. The van der Waals surface area contributed by atoms with Crippen molar-refractivity contribution in [2.45, 2.75) is 22.5 Å². The molecule has 1 fully saturated rings. The molecule has 1 aliphatic rings. The van der Waals surface area contributed by atoms with Gasteiger partial charge in [-0.2, -0.15) is 9.57 Å². The predicted octanol–water partition coefficient (Wildman–Crippen LogP) is 1.63. The molecule has 8 heteroatoms. The van der Waals surface area contributed by atoms with Gasteiger partial charge in [-0.15, -0.1) is 11.8 Å². The summed E-state index contributed by atoms with van der Waals surface area (Å²) in [5.41, 5.74) is 0. The minimum absolute atomic E-state index is 0.147. The Kier molecular flexibility index (Phi) is 4.32. The number of pyridine rings is 1. The van der Waals surface area contributed by atoms with E-state index in [0.717, 1.165) is 18.5 Å². The molecule has 1 aliphatic heterocycles. The van der Waals surface area contributed by atoms with Gasteiger partial charge in [0.15, 0.2) is 0 Å². The molecule has 2 heterocycles. The summed E-state index contributed by atoms with van der Waals surface area (Å²) < 4.78 is 38.6. The molecule has 0 amide bonds. The summed E-state index contributed by atoms with van der Waals surface area (Å²) in [6, 6.07) is 3.22. The van der Waals surface area contributed by atoms with Gasteiger partial charge in [0.2, 0.25) is 10.0 Å². The van der Waals surface area contributed by atoms with Gasteiger partial charge in [-0.05, 0) is 25.2 Å². The minimum Gasteiger partial charge on any atom is -0.260 e. The highest BCUT2D eigenvalue weighted by Crippen LogP contribution is 2.35. The maximum absolute atomic E-state index is 13.1. The largest absolute Gasteiger partial charge is 0.260 e. The lowest BCUT2D eigenvalue weighted by Crippen LogP contribution is -2.44. The van der Waals surface area contributed by atoms with Crippen molar-refractivity contribution in [1.82, 2.24) is 9.29 Å². The predicted molar refractivity (Wildman–Crippen MR) is 74.0 cm³/mol. The number of nitriles is 1. The van der Waals surface area contributed by atoms with E-state index in [2.05, 4.69) is 11.1 Å². The monoisotopic (exact) mass is 315 g/mol. The highest BCUT2D eigenvalue weighted by molar-refractivity contribution is 8.00. The Labute approximate surface area is 121 Å². The van der Waals surface area contributed by atoms with Crippen molar-refractivity contribution in [2.24, 2.45) is 0 Å². The van der Waals surface area contributed by atoms with Crippen LogP contribution in [0.3, 0.4) is 0 Å². The highest BCUT2D eigenvalue weighted by atomic mass is 32.2. The van der Waals surface area contributed by atoms with E-state index in [1.165, 1.54) is 16.1 Å². The van der Waals surface area contributed by atoms with Crippen LogP contribution in [0.4, 0.5) is 4.39 Å². The van der Waals surface area contributed by atoms with E-state index in [-0.39, 0.29) is 18.0 Å². The second kappa shape index (κ2) is 5.68. The number of rotatable bonds is 3. The lowest BCUT2D eigenvalue weighted by atomic mass is 9.99. The van der Waals surface area contributed by atoms with Gasteiger partial charge in [-0.3, -0.25) is 4.98 Å². The summed E-state index contributed by atoms with van der Waals surface area (Å²) in [5, 5.41) is 9.19. The first-order valence-electron chi connectivity index (χ1n) is 6.01. The van der Waals surface area contributed by atoms with Crippen LogP contribution in [0.5, 0.6) is 0 Å². The fourth-order valence-electron chi connectivity index (χ4n) is 2.13. The molecule has 0 radical (unpaired) electrons. The first kappa shape index (κ1) is 15.2. The van der Waals surface area contributed by atoms with Gasteiger partial charge < -0.3 is 0 Å². The van der Waals surface area contributed by atoms with E-state index >= 15 is 0 Å². The van der Waals surface area contributed by atoms with Gasteiger partial charge in [-0.1, -0.05) is 0 Å². The van der Waals surface area contributed by atoms with Crippen LogP contribution in [0.15, 0.2) is 23.4 Å². The Balaban J connectivity index is 2.20. The molecule has 0 bridgehead atoms. The van der Waals surface area contributed by atoms with Crippen LogP contribution in [-0.2, 0) is 10.0 Å². The molecule has 1 saturated heterocycles. The third kappa shape index (κ3) is 2.80. The van der Waals surface area contributed by atoms with Crippen LogP contribution in [-0.4, -0.2) is 41.8 Å². The summed E-state index contributed by atoms with van der Waals surface area (Å²) in [6.45, 7) is 0.514. The van der Waals surface area contributed by atoms with Gasteiger partial charge in [-0.25, -0.2) is 12.8 Å². The third-order valence-electron chi connectivity index (χ3n) is 3.44. The van der Waals surface area contributed by atoms with Gasteiger partial charge in [0.25, 0.3) is 0 Å². The zero-order chi connectivity index (χ0) is 14.8. The zero-order valence-corrected chi connectivity index (χ0v) is 12.5. The molecule has 0 atom stereocenters. The molecule has 0 aliphatic carbocycles. The topological polar surface area (TPSA) is 74.1 Å². The Morgan fingerprint density at radius 3 is 2.60 bits per heavy atom. The lowest BCUT2D eigenvalue weighted by molar-refractivity contribution is 0.327. The van der Waals surface area contributed by atoms with E-state index in [4.69, 9.17) is 0 Å². The fraction of sp³-hybridized carbons (Fsp3) is 0.500. The maximum Gasteiger partial charge on any atom is 0.244 e. The number of sulfonamides is 1. The average molecular weight is 315 g/mol. The molecule has 0 unspecified atom stereocenters. The van der Waals surface area contributed by atoms with Crippen LogP contribution in [0, 0.1) is 17.1 Å². The number of nitrogens with zero attached hydrogens (tertiary/aromatic N) is 3. The molecule has 0 spiro atoms. The number of hydrogen-bond donors (Lipinski definition) is 0. The van der Waals surface area contributed by atoms with Gasteiger partial charge in [0.1, 0.15) is 15.5 Å². The van der Waals surface area contributed by atoms with Crippen molar-refractivity contribution in [3.05, 3.63) is 24.3 Å². The minimum atomic E-state index is -3.74. The van der Waals surface area contributed by atoms with Crippen molar-refractivity contribution in [3.63, 3.8) is 0 Å². The summed E-state index contributed by atoms with van der Waals surface area (Å²) >= 11 is 1.45. The van der Waals surface area contributed by atoms with E-state index in [1.807, 2.05) is 6.26 Å². The number of aromatic nitrogens is 1. The molecule has 20 heavy (non-hydrogen) atoms. The molecule has 108 valence electrons. The number of thioether (sulfide) groups is 1. The average Bonchev–Trinajstić information content (AvgIpc) is 2.47. The third-order valence-corrected chi connectivity index (χ3v) is 6.59. The summed E-state index contributed by atoms with van der Waals surface area (Å²) in [4.78, 5) is 3.42. The normalized spacial score (nSPS) is 19.4. The fourth-order valence-corrected chi connectivity index (χ4v) is 4.23. The van der Waals surface area contributed by atoms with Crippen molar-refractivity contribution in [3.8, 4) is 6.07 Å². The second-order valence-electron chi connectivity index (χ2n) is 4.55. The standard InChI is InChI=1S/C12H14FN3O2S2/c1-19-12(9-14)2-4-16(5-3-12)20(17,18)11-6-10(13)7-15-8-11/h6-8H,2-5H2,1H3. The maximum atomic E-state index is 13.1. The summed E-state index contributed by atoms with van der Waals surface area (Å²) in [6.07, 6.45) is 4.88. The zero-order valence-electron chi connectivity index (χ0n) is 10.9. The van der Waals surface area contributed by atoms with Crippen LogP contribution in [0.25, 0.3) is 0 Å². The molecular formula is C12H14FN3O2S2. The van der Waals surface area contributed by atoms with E-state index in [1.54, 1.807) is 0 Å². The van der Waals surface area contributed by atoms with E-state index < -0.39 is 20.6 Å². The van der Waals surface area contributed by atoms with Crippen molar-refractivity contribution in [1.29, 1.82) is 5.26 Å². The number of hydrogen-bond acceptors (Lipinski definition) is 5. The van der Waals surface area contributed by atoms with Gasteiger partial charge in [0.05, 0.1) is 12.3 Å². The summed E-state index contributed by atoms with van der Waals surface area (Å²) in [7, 11) is -3.74. The molecule has 5 nitrogen and oxygen atoms in total. The van der Waals surface area contributed by atoms with Gasteiger partial charge in [0, 0.05) is 19.3 Å². The molecule has 0 N–H and O–H groups in total. The highest BCUT2D eigenvalue weighted by Gasteiger charge is 2.38. The molecule has 2 rings (SSSR count). The van der Waals surface area contributed by atoms with Crippen LogP contribution >= 0.6 is 11.8 Å². The number of piperidine rings is 1. The molecule has 1 aromatic rings. The Morgan fingerprint density at radius 2 is 2.10 bits per heavy atom. The Morgan fingerprint density at radius 1 is 1.45 bits per heavy atom. The smallest absolute Gasteiger partial charge is 0.244 e. The molecular weight excluding hydrogens is 301 g/mol. The van der Waals surface area contributed by atoms with Crippen LogP contribution in [0.1, 0.15) is 12.8 Å². The van der Waals surface area contributed by atoms with Crippen molar-refractivity contribution in [2.75, 3.05) is 19.3 Å². The summed E-state index contributed by atoms with van der Waals surface area (Å²) in [5.74, 6) is -0.682.